The summed E-state index contributed by atoms with van der Waals surface area (Å²) < 4.78 is 5.91. The molecule has 35 heavy (non-hydrogen) atoms. The molecule has 3 fully saturated rings. The van der Waals surface area contributed by atoms with Gasteiger partial charge >= 0.3 is 0 Å². The molecule has 186 valence electrons. The largest absolute Gasteiger partial charge is 0.457 e. The van der Waals surface area contributed by atoms with E-state index in [1.54, 1.807) is 0 Å². The van der Waals surface area contributed by atoms with Gasteiger partial charge in [-0.05, 0) is 73.8 Å². The Bertz CT molecular complexity index is 1020. The van der Waals surface area contributed by atoms with E-state index in [0.717, 1.165) is 37.7 Å². The molecule has 2 amide bonds. The summed E-state index contributed by atoms with van der Waals surface area (Å²) in [5.41, 5.74) is 0.536. The molecule has 3 aliphatic rings. The number of likely N-dealkylation sites (tertiary alicyclic amines) is 1. The third kappa shape index (κ3) is 5.37. The van der Waals surface area contributed by atoms with Gasteiger partial charge in [-0.1, -0.05) is 44.2 Å². The summed E-state index contributed by atoms with van der Waals surface area (Å²) in [4.78, 5) is 31.3. The molecule has 2 saturated heterocycles. The van der Waals surface area contributed by atoms with Crippen LogP contribution >= 0.6 is 0 Å². The smallest absolute Gasteiger partial charge is 0.246 e. The molecule has 1 saturated carbocycles. The molecule has 1 unspecified atom stereocenters. The quantitative estimate of drug-likeness (QED) is 0.606. The number of hydrogen-bond acceptors (Lipinski definition) is 4. The minimum Gasteiger partial charge on any atom is -0.457 e. The first-order chi connectivity index (χ1) is 16.9. The van der Waals surface area contributed by atoms with Gasteiger partial charge in [-0.3, -0.25) is 14.5 Å². The lowest BCUT2D eigenvalue weighted by atomic mass is 9.80. The average Bonchev–Trinajstić information content (AvgIpc) is 3.67. The van der Waals surface area contributed by atoms with Crippen LogP contribution in [0.4, 0.5) is 0 Å². The predicted octanol–water partition coefficient (Wildman–Crippen LogP) is 4.60. The number of carbonyl (C=O) groups excluding carboxylic acids is 2. The van der Waals surface area contributed by atoms with Crippen LogP contribution in [0, 0.1) is 11.8 Å². The van der Waals surface area contributed by atoms with Crippen LogP contribution in [0.3, 0.4) is 0 Å². The zero-order chi connectivity index (χ0) is 24.4. The molecule has 1 spiro atoms. The minimum absolute atomic E-state index is 0.0606. The van der Waals surface area contributed by atoms with Crippen molar-refractivity contribution in [1.29, 1.82) is 0 Å². The topological polar surface area (TPSA) is 61.9 Å². The molecule has 0 aromatic heterocycles. The van der Waals surface area contributed by atoms with Gasteiger partial charge < -0.3 is 15.0 Å². The van der Waals surface area contributed by atoms with E-state index >= 15 is 0 Å². The Labute approximate surface area is 208 Å². The first-order valence-electron chi connectivity index (χ1n) is 13.1. The maximum absolute atomic E-state index is 13.5. The number of para-hydroxylation sites is 1. The van der Waals surface area contributed by atoms with Crippen LogP contribution in [0.25, 0.3) is 0 Å². The van der Waals surface area contributed by atoms with E-state index in [2.05, 4.69) is 36.2 Å². The zero-order valence-electron chi connectivity index (χ0n) is 20.9. The first-order valence-corrected chi connectivity index (χ1v) is 13.1. The van der Waals surface area contributed by atoms with Gasteiger partial charge in [0.05, 0.1) is 0 Å². The van der Waals surface area contributed by atoms with Crippen molar-refractivity contribution in [2.24, 2.45) is 11.8 Å². The minimum atomic E-state index is -0.683. The van der Waals surface area contributed by atoms with E-state index < -0.39 is 5.54 Å². The van der Waals surface area contributed by atoms with Crippen LogP contribution in [-0.2, 0) is 16.1 Å². The summed E-state index contributed by atoms with van der Waals surface area (Å²) in [5, 5.41) is 3.11. The lowest BCUT2D eigenvalue weighted by Crippen LogP contribution is -2.73. The van der Waals surface area contributed by atoms with Crippen molar-refractivity contribution in [2.45, 2.75) is 64.1 Å². The molecule has 1 atom stereocenters. The number of nitrogens with zero attached hydrogens (tertiary/aromatic N) is 2. The van der Waals surface area contributed by atoms with Crippen LogP contribution in [0.15, 0.2) is 54.6 Å². The Morgan fingerprint density at radius 3 is 2.26 bits per heavy atom. The highest BCUT2D eigenvalue weighted by Crippen LogP contribution is 2.39. The van der Waals surface area contributed by atoms with Gasteiger partial charge in [0.15, 0.2) is 0 Å². The molecule has 6 nitrogen and oxygen atoms in total. The molecule has 1 aliphatic carbocycles. The molecule has 2 heterocycles. The molecular weight excluding hydrogens is 438 g/mol. The van der Waals surface area contributed by atoms with Crippen LogP contribution in [0.1, 0.15) is 51.5 Å². The molecule has 2 aliphatic heterocycles. The number of piperazine rings is 1. The molecule has 6 heteroatoms. The number of benzene rings is 2. The lowest BCUT2D eigenvalue weighted by molar-refractivity contribution is -0.162. The molecule has 0 bridgehead atoms. The first kappa shape index (κ1) is 23.9. The van der Waals surface area contributed by atoms with E-state index in [1.807, 2.05) is 47.4 Å². The van der Waals surface area contributed by atoms with Crippen molar-refractivity contribution in [3.05, 3.63) is 60.2 Å². The Kier molecular flexibility index (Phi) is 6.83. The molecule has 2 aromatic rings. The van der Waals surface area contributed by atoms with Crippen LogP contribution in [0.5, 0.6) is 11.5 Å². The monoisotopic (exact) mass is 475 g/mol. The summed E-state index contributed by atoms with van der Waals surface area (Å²) in [6.45, 7) is 7.39. The summed E-state index contributed by atoms with van der Waals surface area (Å²) in [5.74, 6) is 2.77. The Morgan fingerprint density at radius 2 is 1.63 bits per heavy atom. The second kappa shape index (κ2) is 10.0. The normalized spacial score (nSPS) is 22.5. The Morgan fingerprint density at radius 1 is 0.971 bits per heavy atom. The van der Waals surface area contributed by atoms with Gasteiger partial charge in [0.25, 0.3) is 0 Å². The number of piperidine rings is 1. The highest BCUT2D eigenvalue weighted by Gasteiger charge is 2.54. The number of amides is 2. The van der Waals surface area contributed by atoms with Gasteiger partial charge in [-0.25, -0.2) is 0 Å². The van der Waals surface area contributed by atoms with Crippen molar-refractivity contribution in [1.82, 2.24) is 15.1 Å². The van der Waals surface area contributed by atoms with E-state index in [4.69, 9.17) is 4.74 Å². The average molecular weight is 476 g/mol. The predicted molar refractivity (Wildman–Crippen MR) is 136 cm³/mol. The van der Waals surface area contributed by atoms with E-state index in [9.17, 15) is 9.59 Å². The summed E-state index contributed by atoms with van der Waals surface area (Å²) in [7, 11) is 0. The van der Waals surface area contributed by atoms with Crippen molar-refractivity contribution < 1.29 is 14.3 Å². The van der Waals surface area contributed by atoms with Crippen molar-refractivity contribution in [3.8, 4) is 11.5 Å². The summed E-state index contributed by atoms with van der Waals surface area (Å²) in [6, 6.07) is 17.6. The SMILES string of the molecule is CC(C)CC1NC(=O)C2(CCN(Cc3ccc(Oc4ccccc4)cc3)CC2)N(CC2CC2)C1=O. The third-order valence-electron chi connectivity index (χ3n) is 7.65. The van der Waals surface area contributed by atoms with Crippen molar-refractivity contribution in [3.63, 3.8) is 0 Å². The Hall–Kier alpha value is -2.86. The van der Waals surface area contributed by atoms with Gasteiger partial charge in [-0.2, -0.15) is 0 Å². The fourth-order valence-corrected chi connectivity index (χ4v) is 5.45. The van der Waals surface area contributed by atoms with Gasteiger partial charge in [0.2, 0.25) is 11.8 Å². The van der Waals surface area contributed by atoms with Crippen LogP contribution in [0.2, 0.25) is 0 Å². The number of hydrogen-bond donors (Lipinski definition) is 1. The molecular formula is C29H37N3O3. The maximum Gasteiger partial charge on any atom is 0.246 e. The number of carbonyl (C=O) groups is 2. The molecule has 2 aromatic carbocycles. The molecule has 1 N–H and O–H groups in total. The second-order valence-electron chi connectivity index (χ2n) is 10.9. The van der Waals surface area contributed by atoms with E-state index in [-0.39, 0.29) is 17.9 Å². The number of ether oxygens (including phenoxy) is 1. The maximum atomic E-state index is 13.5. The summed E-state index contributed by atoms with van der Waals surface area (Å²) >= 11 is 0. The van der Waals surface area contributed by atoms with E-state index in [0.29, 0.717) is 31.1 Å². The van der Waals surface area contributed by atoms with Crippen molar-refractivity contribution >= 4 is 11.8 Å². The fourth-order valence-electron chi connectivity index (χ4n) is 5.45. The number of rotatable bonds is 8. The van der Waals surface area contributed by atoms with Crippen LogP contribution in [-0.4, -0.2) is 52.8 Å². The fraction of sp³-hybridized carbons (Fsp3) is 0.517. The molecule has 5 rings (SSSR count). The highest BCUT2D eigenvalue weighted by molar-refractivity contribution is 6.00. The zero-order valence-corrected chi connectivity index (χ0v) is 20.9. The van der Waals surface area contributed by atoms with Gasteiger partial charge in [0, 0.05) is 26.2 Å². The standard InChI is InChI=1S/C29H37N3O3/c1-21(2)18-26-27(33)32(20-23-8-9-23)29(28(34)30-26)14-16-31(17-15-29)19-22-10-12-25(13-11-22)35-24-6-4-3-5-7-24/h3-7,10-13,21,23,26H,8-9,14-20H2,1-2H3,(H,30,34). The second-order valence-corrected chi connectivity index (χ2v) is 10.9. The summed E-state index contributed by atoms with van der Waals surface area (Å²) in [6.07, 6.45) is 4.44. The van der Waals surface area contributed by atoms with Crippen molar-refractivity contribution in [2.75, 3.05) is 19.6 Å². The third-order valence-corrected chi connectivity index (χ3v) is 7.65. The van der Waals surface area contributed by atoms with Crippen LogP contribution < -0.4 is 10.1 Å². The van der Waals surface area contributed by atoms with Gasteiger partial charge in [-0.15, -0.1) is 0 Å². The highest BCUT2D eigenvalue weighted by atomic mass is 16.5. The van der Waals surface area contributed by atoms with Gasteiger partial charge in [0.1, 0.15) is 23.1 Å². The Balaban J connectivity index is 1.22. The molecule has 0 radical (unpaired) electrons. The van der Waals surface area contributed by atoms with E-state index in [1.165, 1.54) is 18.4 Å². The number of nitrogens with one attached hydrogen (secondary N) is 1. The lowest BCUT2D eigenvalue weighted by Gasteiger charge is -2.52.